The number of hydrogen-bond donors (Lipinski definition) is 1. The molecule has 0 saturated carbocycles. The van der Waals surface area contributed by atoms with Crippen LogP contribution in [0.2, 0.25) is 10.0 Å². The van der Waals surface area contributed by atoms with Crippen LogP contribution in [-0.2, 0) is 26.2 Å². The second-order valence-corrected chi connectivity index (χ2v) is 12.1. The van der Waals surface area contributed by atoms with Crippen LogP contribution < -0.4 is 19.1 Å². The molecular formula is C26H33Cl2N3O6S. The fraction of sp³-hybridized carbons (Fsp3) is 0.462. The summed E-state index contributed by atoms with van der Waals surface area (Å²) in [5, 5.41) is 3.67. The van der Waals surface area contributed by atoms with Crippen molar-refractivity contribution in [3.8, 4) is 11.5 Å². The summed E-state index contributed by atoms with van der Waals surface area (Å²) in [7, 11) is -3.65. The van der Waals surface area contributed by atoms with Gasteiger partial charge in [-0.15, -0.1) is 0 Å². The Bertz CT molecular complexity index is 1270. The first-order chi connectivity index (χ1) is 17.9. The summed E-state index contributed by atoms with van der Waals surface area (Å²) in [5.41, 5.74) is 1.06. The summed E-state index contributed by atoms with van der Waals surface area (Å²) < 4.78 is 37.5. The van der Waals surface area contributed by atoms with E-state index in [0.717, 1.165) is 6.26 Å². The zero-order valence-corrected chi connectivity index (χ0v) is 24.2. The van der Waals surface area contributed by atoms with E-state index in [1.54, 1.807) is 43.3 Å². The lowest BCUT2D eigenvalue weighted by Gasteiger charge is -2.30. The van der Waals surface area contributed by atoms with Gasteiger partial charge in [-0.1, -0.05) is 29.3 Å². The number of hydrogen-bond acceptors (Lipinski definition) is 6. The van der Waals surface area contributed by atoms with Crippen molar-refractivity contribution in [1.82, 2.24) is 10.2 Å². The number of carbonyl (C=O) groups is 2. The summed E-state index contributed by atoms with van der Waals surface area (Å²) in [4.78, 5) is 27.6. The maximum Gasteiger partial charge on any atom is 0.242 e. The minimum Gasteiger partial charge on any atom is -0.486 e. The average molecular weight is 587 g/mol. The number of rotatable bonds is 11. The summed E-state index contributed by atoms with van der Waals surface area (Å²) in [6, 6.07) is 9.01. The van der Waals surface area contributed by atoms with Crippen LogP contribution >= 0.6 is 23.2 Å². The number of fused-ring (bicyclic) bond motifs is 1. The van der Waals surface area contributed by atoms with Gasteiger partial charge in [-0.05, 0) is 57.0 Å². The third-order valence-electron chi connectivity index (χ3n) is 5.92. The van der Waals surface area contributed by atoms with Crippen molar-refractivity contribution in [3.63, 3.8) is 0 Å². The Balaban J connectivity index is 1.76. The molecule has 2 amide bonds. The molecule has 1 unspecified atom stereocenters. The second-order valence-electron chi connectivity index (χ2n) is 9.36. The van der Waals surface area contributed by atoms with Crippen LogP contribution in [0.3, 0.4) is 0 Å². The van der Waals surface area contributed by atoms with Gasteiger partial charge in [-0.2, -0.15) is 0 Å². The van der Waals surface area contributed by atoms with Gasteiger partial charge in [0.15, 0.2) is 11.5 Å². The van der Waals surface area contributed by atoms with Gasteiger partial charge >= 0.3 is 0 Å². The molecule has 1 aliphatic rings. The molecule has 0 radical (unpaired) electrons. The normalized spacial score (nSPS) is 13.7. The molecule has 0 saturated heterocycles. The third kappa shape index (κ3) is 7.91. The van der Waals surface area contributed by atoms with Crippen LogP contribution in [0.5, 0.6) is 11.5 Å². The molecule has 3 rings (SSSR count). The summed E-state index contributed by atoms with van der Waals surface area (Å²) in [5.74, 6) is 0.411. The Morgan fingerprint density at radius 3 is 2.34 bits per heavy atom. The maximum absolute atomic E-state index is 13.4. The van der Waals surface area contributed by atoms with E-state index in [0.29, 0.717) is 46.0 Å². The summed E-state index contributed by atoms with van der Waals surface area (Å²) >= 11 is 12.4. The maximum atomic E-state index is 13.4. The zero-order chi connectivity index (χ0) is 28.0. The van der Waals surface area contributed by atoms with Gasteiger partial charge in [-0.25, -0.2) is 8.42 Å². The van der Waals surface area contributed by atoms with E-state index >= 15 is 0 Å². The van der Waals surface area contributed by atoms with Gasteiger partial charge in [0.1, 0.15) is 19.3 Å². The number of halogens is 2. The van der Waals surface area contributed by atoms with E-state index in [4.69, 9.17) is 32.7 Å². The van der Waals surface area contributed by atoms with Crippen molar-refractivity contribution in [3.05, 3.63) is 52.0 Å². The van der Waals surface area contributed by atoms with Crippen LogP contribution in [0, 0.1) is 0 Å². The Morgan fingerprint density at radius 2 is 1.71 bits per heavy atom. The number of nitrogens with one attached hydrogen (secondary N) is 1. The number of amides is 2. The zero-order valence-electron chi connectivity index (χ0n) is 21.9. The molecule has 0 aliphatic carbocycles. The van der Waals surface area contributed by atoms with Crippen molar-refractivity contribution in [2.45, 2.75) is 52.2 Å². The van der Waals surface area contributed by atoms with Gasteiger partial charge in [0.05, 0.1) is 11.9 Å². The SMILES string of the molecule is CC(C)NC(=O)C(C)N(Cc1ccc(Cl)cc1Cl)C(=O)CCCN(c1ccc2c(c1)OCCO2)S(C)(=O)=O. The fourth-order valence-corrected chi connectivity index (χ4v) is 5.44. The topological polar surface area (TPSA) is 105 Å². The minimum absolute atomic E-state index is 0.0150. The van der Waals surface area contributed by atoms with Crippen molar-refractivity contribution in [1.29, 1.82) is 0 Å². The first-order valence-electron chi connectivity index (χ1n) is 12.3. The third-order valence-corrected chi connectivity index (χ3v) is 7.70. The summed E-state index contributed by atoms with van der Waals surface area (Å²) in [6.07, 6.45) is 1.35. The van der Waals surface area contributed by atoms with Gasteiger partial charge in [0, 0.05) is 41.7 Å². The highest BCUT2D eigenvalue weighted by Gasteiger charge is 2.28. The first-order valence-corrected chi connectivity index (χ1v) is 14.9. The smallest absolute Gasteiger partial charge is 0.242 e. The molecule has 1 atom stereocenters. The van der Waals surface area contributed by atoms with E-state index in [-0.39, 0.29) is 43.8 Å². The van der Waals surface area contributed by atoms with E-state index in [1.807, 2.05) is 13.8 Å². The Kier molecular flexibility index (Phi) is 10.1. The van der Waals surface area contributed by atoms with Gasteiger partial charge < -0.3 is 19.7 Å². The number of carbonyl (C=O) groups excluding carboxylic acids is 2. The Morgan fingerprint density at radius 1 is 1.03 bits per heavy atom. The number of nitrogens with zero attached hydrogens (tertiary/aromatic N) is 2. The van der Waals surface area contributed by atoms with Crippen molar-refractivity contribution in [2.24, 2.45) is 0 Å². The molecule has 38 heavy (non-hydrogen) atoms. The Labute approximate surface area is 234 Å². The van der Waals surface area contributed by atoms with E-state index in [9.17, 15) is 18.0 Å². The van der Waals surface area contributed by atoms with Gasteiger partial charge in [-0.3, -0.25) is 13.9 Å². The van der Waals surface area contributed by atoms with Crippen LogP contribution in [0.4, 0.5) is 5.69 Å². The van der Waals surface area contributed by atoms with E-state index in [2.05, 4.69) is 5.32 Å². The molecule has 2 aromatic carbocycles. The van der Waals surface area contributed by atoms with Crippen LogP contribution in [0.15, 0.2) is 36.4 Å². The van der Waals surface area contributed by atoms with E-state index < -0.39 is 16.1 Å². The number of benzene rings is 2. The van der Waals surface area contributed by atoms with Gasteiger partial charge in [0.2, 0.25) is 21.8 Å². The molecule has 0 bridgehead atoms. The van der Waals surface area contributed by atoms with Crippen LogP contribution in [0.25, 0.3) is 0 Å². The Hall–Kier alpha value is -2.69. The highest BCUT2D eigenvalue weighted by Crippen LogP contribution is 2.35. The van der Waals surface area contributed by atoms with Crippen molar-refractivity contribution in [2.75, 3.05) is 30.3 Å². The van der Waals surface area contributed by atoms with E-state index in [1.165, 1.54) is 9.21 Å². The molecule has 0 fully saturated rings. The molecule has 12 heteroatoms. The number of ether oxygens (including phenoxy) is 2. The molecule has 9 nitrogen and oxygen atoms in total. The lowest BCUT2D eigenvalue weighted by Crippen LogP contribution is -2.49. The first kappa shape index (κ1) is 29.9. The van der Waals surface area contributed by atoms with Crippen LogP contribution in [0.1, 0.15) is 39.2 Å². The molecule has 1 aliphatic heterocycles. The minimum atomic E-state index is -3.65. The van der Waals surface area contributed by atoms with Gasteiger partial charge in [0.25, 0.3) is 0 Å². The number of sulfonamides is 1. The predicted octanol–water partition coefficient (Wildman–Crippen LogP) is 4.25. The fourth-order valence-electron chi connectivity index (χ4n) is 4.01. The molecule has 1 heterocycles. The highest BCUT2D eigenvalue weighted by atomic mass is 35.5. The van der Waals surface area contributed by atoms with Crippen molar-refractivity contribution < 1.29 is 27.5 Å². The predicted molar refractivity (Wildman–Crippen MR) is 149 cm³/mol. The lowest BCUT2D eigenvalue weighted by molar-refractivity contribution is -0.140. The average Bonchev–Trinajstić information content (AvgIpc) is 2.84. The molecule has 208 valence electrons. The monoisotopic (exact) mass is 585 g/mol. The quantitative estimate of drug-likeness (QED) is 0.422. The number of anilines is 1. The molecular weight excluding hydrogens is 553 g/mol. The molecule has 0 spiro atoms. The molecule has 2 aromatic rings. The largest absolute Gasteiger partial charge is 0.486 e. The summed E-state index contributed by atoms with van der Waals surface area (Å²) in [6.45, 7) is 6.29. The van der Waals surface area contributed by atoms with Crippen LogP contribution in [-0.4, -0.2) is 63.2 Å². The second kappa shape index (κ2) is 12.9. The molecule has 0 aromatic heterocycles. The van der Waals surface area contributed by atoms with Crippen molar-refractivity contribution >= 4 is 50.7 Å². The lowest BCUT2D eigenvalue weighted by atomic mass is 10.1. The highest BCUT2D eigenvalue weighted by molar-refractivity contribution is 7.92. The molecule has 1 N–H and O–H groups in total. The standard InChI is InChI=1S/C26H33Cl2N3O6S/c1-17(2)29-26(33)18(3)30(16-19-7-8-20(27)14-22(19)28)25(32)6-5-11-31(38(4,34)35)21-9-10-23-24(15-21)37-13-12-36-23/h7-10,14-15,17-18H,5-6,11-13,16H2,1-4H3,(H,29,33).